The number of benzene rings is 1. The molecule has 0 saturated heterocycles. The molecule has 0 bridgehead atoms. The number of hydrogen-bond donors (Lipinski definition) is 1. The van der Waals surface area contributed by atoms with E-state index < -0.39 is 0 Å². The summed E-state index contributed by atoms with van der Waals surface area (Å²) in [5.74, 6) is -0.0312. The van der Waals surface area contributed by atoms with E-state index in [-0.39, 0.29) is 5.91 Å². The lowest BCUT2D eigenvalue weighted by Gasteiger charge is -2.11. The summed E-state index contributed by atoms with van der Waals surface area (Å²) in [4.78, 5) is 16.4. The maximum Gasteiger partial charge on any atom is 0.253 e. The van der Waals surface area contributed by atoms with Crippen LogP contribution in [0.1, 0.15) is 36.0 Å². The second-order valence-corrected chi connectivity index (χ2v) is 5.45. The van der Waals surface area contributed by atoms with E-state index in [9.17, 15) is 4.79 Å². The standard InChI is InChI=1S/C15H15ClN2O/c16-12-6-5-10-7-11(9-17-14(10)8-12)15(19)18-13-3-1-2-4-13/h5-9,13H,1-4H2,(H,18,19). The predicted molar refractivity (Wildman–Crippen MR) is 76.5 cm³/mol. The number of pyridine rings is 1. The molecule has 1 aromatic heterocycles. The molecule has 0 unspecified atom stereocenters. The SMILES string of the molecule is O=C(NC1CCCC1)c1cnc2cc(Cl)ccc2c1. The van der Waals surface area contributed by atoms with Gasteiger partial charge in [-0.2, -0.15) is 0 Å². The molecule has 1 saturated carbocycles. The number of rotatable bonds is 2. The Labute approximate surface area is 117 Å². The van der Waals surface area contributed by atoms with Crippen LogP contribution < -0.4 is 5.32 Å². The summed E-state index contributed by atoms with van der Waals surface area (Å²) in [5, 5.41) is 4.66. The van der Waals surface area contributed by atoms with Crippen molar-refractivity contribution >= 4 is 28.4 Å². The zero-order valence-electron chi connectivity index (χ0n) is 10.5. The number of nitrogens with zero attached hydrogens (tertiary/aromatic N) is 1. The molecule has 19 heavy (non-hydrogen) atoms. The Kier molecular flexibility index (Phi) is 3.38. The Balaban J connectivity index is 1.83. The van der Waals surface area contributed by atoms with Crippen LogP contribution >= 0.6 is 11.6 Å². The van der Waals surface area contributed by atoms with Crippen molar-refractivity contribution in [3.05, 3.63) is 41.0 Å². The van der Waals surface area contributed by atoms with Gasteiger partial charge in [0.25, 0.3) is 5.91 Å². The number of carbonyl (C=O) groups excluding carboxylic acids is 1. The van der Waals surface area contributed by atoms with Crippen LogP contribution in [0.15, 0.2) is 30.5 Å². The Hall–Kier alpha value is -1.61. The van der Waals surface area contributed by atoms with E-state index in [1.807, 2.05) is 18.2 Å². The number of carbonyl (C=O) groups is 1. The second kappa shape index (κ2) is 5.17. The van der Waals surface area contributed by atoms with Gasteiger partial charge in [0.1, 0.15) is 0 Å². The van der Waals surface area contributed by atoms with Crippen molar-refractivity contribution in [3.63, 3.8) is 0 Å². The minimum Gasteiger partial charge on any atom is -0.349 e. The molecule has 4 heteroatoms. The number of hydrogen-bond acceptors (Lipinski definition) is 2. The van der Waals surface area contributed by atoms with Gasteiger partial charge in [-0.25, -0.2) is 0 Å². The van der Waals surface area contributed by atoms with Gasteiger partial charge in [0.2, 0.25) is 0 Å². The van der Waals surface area contributed by atoms with Crippen molar-refractivity contribution in [2.75, 3.05) is 0 Å². The molecular formula is C15H15ClN2O. The normalized spacial score (nSPS) is 15.8. The zero-order chi connectivity index (χ0) is 13.2. The van der Waals surface area contributed by atoms with Crippen LogP contribution in [-0.4, -0.2) is 16.9 Å². The molecule has 1 aromatic carbocycles. The van der Waals surface area contributed by atoms with Gasteiger partial charge < -0.3 is 5.32 Å². The van der Waals surface area contributed by atoms with Gasteiger partial charge in [-0.05, 0) is 31.0 Å². The molecule has 1 amide bonds. The summed E-state index contributed by atoms with van der Waals surface area (Å²) < 4.78 is 0. The maximum absolute atomic E-state index is 12.1. The first-order valence-electron chi connectivity index (χ1n) is 6.58. The molecule has 0 atom stereocenters. The largest absolute Gasteiger partial charge is 0.349 e. The van der Waals surface area contributed by atoms with Crippen LogP contribution in [0.25, 0.3) is 10.9 Å². The third kappa shape index (κ3) is 2.71. The molecule has 1 fully saturated rings. The van der Waals surface area contributed by atoms with Crippen LogP contribution in [-0.2, 0) is 0 Å². The molecule has 2 aromatic rings. The first-order chi connectivity index (χ1) is 9.22. The average molecular weight is 275 g/mol. The van der Waals surface area contributed by atoms with Crippen LogP contribution in [0, 0.1) is 0 Å². The van der Waals surface area contributed by atoms with Crippen LogP contribution in [0.2, 0.25) is 5.02 Å². The van der Waals surface area contributed by atoms with Crippen molar-refractivity contribution in [1.29, 1.82) is 0 Å². The smallest absolute Gasteiger partial charge is 0.253 e. The number of aromatic nitrogens is 1. The lowest BCUT2D eigenvalue weighted by atomic mass is 10.1. The van der Waals surface area contributed by atoms with Crippen LogP contribution in [0.3, 0.4) is 0 Å². The van der Waals surface area contributed by atoms with Crippen molar-refractivity contribution in [1.82, 2.24) is 10.3 Å². The third-order valence-corrected chi connectivity index (χ3v) is 3.83. The van der Waals surface area contributed by atoms with Crippen molar-refractivity contribution in [2.45, 2.75) is 31.7 Å². The lowest BCUT2D eigenvalue weighted by molar-refractivity contribution is 0.0937. The molecule has 3 rings (SSSR count). The highest BCUT2D eigenvalue weighted by Gasteiger charge is 2.18. The zero-order valence-corrected chi connectivity index (χ0v) is 11.3. The third-order valence-electron chi connectivity index (χ3n) is 3.60. The van der Waals surface area contributed by atoms with E-state index in [4.69, 9.17) is 11.6 Å². The second-order valence-electron chi connectivity index (χ2n) is 5.02. The fraction of sp³-hybridized carbons (Fsp3) is 0.333. The molecule has 1 aliphatic carbocycles. The van der Waals surface area contributed by atoms with Gasteiger partial charge >= 0.3 is 0 Å². The summed E-state index contributed by atoms with van der Waals surface area (Å²) in [6.45, 7) is 0. The first kappa shape index (κ1) is 12.4. The summed E-state index contributed by atoms with van der Waals surface area (Å²) >= 11 is 5.92. The quantitative estimate of drug-likeness (QED) is 0.910. The Morgan fingerprint density at radius 2 is 2.05 bits per heavy atom. The maximum atomic E-state index is 12.1. The van der Waals surface area contributed by atoms with Gasteiger partial charge in [-0.15, -0.1) is 0 Å². The predicted octanol–water partition coefficient (Wildman–Crippen LogP) is 3.56. The fourth-order valence-electron chi connectivity index (χ4n) is 2.56. The number of nitrogens with one attached hydrogen (secondary N) is 1. The highest BCUT2D eigenvalue weighted by molar-refractivity contribution is 6.31. The Morgan fingerprint density at radius 3 is 2.84 bits per heavy atom. The highest BCUT2D eigenvalue weighted by Crippen LogP contribution is 2.20. The minimum atomic E-state index is -0.0312. The van der Waals surface area contributed by atoms with Crippen molar-refractivity contribution < 1.29 is 4.79 Å². The highest BCUT2D eigenvalue weighted by atomic mass is 35.5. The van der Waals surface area contributed by atoms with Gasteiger partial charge in [0, 0.05) is 22.6 Å². The van der Waals surface area contributed by atoms with E-state index in [2.05, 4.69) is 10.3 Å². The summed E-state index contributed by atoms with van der Waals surface area (Å²) in [7, 11) is 0. The lowest BCUT2D eigenvalue weighted by Crippen LogP contribution is -2.32. The molecule has 0 aliphatic heterocycles. The molecule has 1 aliphatic rings. The number of amides is 1. The molecule has 1 heterocycles. The molecule has 0 radical (unpaired) electrons. The summed E-state index contributed by atoms with van der Waals surface area (Å²) in [6, 6.07) is 7.69. The van der Waals surface area contributed by atoms with E-state index in [0.717, 1.165) is 23.7 Å². The number of fused-ring (bicyclic) bond motifs is 1. The molecular weight excluding hydrogens is 260 g/mol. The van der Waals surface area contributed by atoms with Gasteiger partial charge in [-0.3, -0.25) is 9.78 Å². The molecule has 3 nitrogen and oxygen atoms in total. The van der Waals surface area contributed by atoms with Gasteiger partial charge in [0.05, 0.1) is 11.1 Å². The first-order valence-corrected chi connectivity index (χ1v) is 6.96. The minimum absolute atomic E-state index is 0.0312. The molecule has 0 spiro atoms. The van der Waals surface area contributed by atoms with Gasteiger partial charge in [0.15, 0.2) is 0 Å². The van der Waals surface area contributed by atoms with E-state index in [0.29, 0.717) is 16.6 Å². The van der Waals surface area contributed by atoms with Crippen molar-refractivity contribution in [3.8, 4) is 0 Å². The summed E-state index contributed by atoms with van der Waals surface area (Å²) in [6.07, 6.45) is 6.20. The number of halogens is 1. The van der Waals surface area contributed by atoms with Crippen molar-refractivity contribution in [2.24, 2.45) is 0 Å². The Bertz CT molecular complexity index is 621. The topological polar surface area (TPSA) is 42.0 Å². The van der Waals surface area contributed by atoms with Crippen LogP contribution in [0.5, 0.6) is 0 Å². The van der Waals surface area contributed by atoms with Crippen LogP contribution in [0.4, 0.5) is 0 Å². The monoisotopic (exact) mass is 274 g/mol. The molecule has 1 N–H and O–H groups in total. The van der Waals surface area contributed by atoms with E-state index in [1.165, 1.54) is 12.8 Å². The van der Waals surface area contributed by atoms with E-state index in [1.54, 1.807) is 12.3 Å². The Morgan fingerprint density at radius 1 is 1.26 bits per heavy atom. The van der Waals surface area contributed by atoms with Gasteiger partial charge in [-0.1, -0.05) is 30.5 Å². The van der Waals surface area contributed by atoms with E-state index >= 15 is 0 Å². The average Bonchev–Trinajstić information content (AvgIpc) is 2.91. The summed E-state index contributed by atoms with van der Waals surface area (Å²) in [5.41, 5.74) is 1.42. The fourth-order valence-corrected chi connectivity index (χ4v) is 2.72. The molecule has 98 valence electrons.